The highest BCUT2D eigenvalue weighted by molar-refractivity contribution is 5.99. The zero-order valence-corrected chi connectivity index (χ0v) is 15.2. The smallest absolute Gasteiger partial charge is 0.251 e. The molecule has 0 aliphatic rings. The van der Waals surface area contributed by atoms with Crippen molar-refractivity contribution in [1.29, 1.82) is 0 Å². The normalized spacial score (nSPS) is 10.7. The van der Waals surface area contributed by atoms with Crippen molar-refractivity contribution in [3.05, 3.63) is 65.1 Å². The number of hydrogen-bond donors (Lipinski definition) is 2. The fourth-order valence-electron chi connectivity index (χ4n) is 2.82. The number of nitrogens with zero attached hydrogens (tertiary/aromatic N) is 1. The Balaban J connectivity index is 1.98. The first-order chi connectivity index (χ1) is 13.5. The summed E-state index contributed by atoms with van der Waals surface area (Å²) in [6, 6.07) is 9.42. The van der Waals surface area contributed by atoms with Gasteiger partial charge >= 0.3 is 0 Å². The first-order valence-corrected chi connectivity index (χ1v) is 8.72. The lowest BCUT2D eigenvalue weighted by molar-refractivity contribution is -0.107. The lowest BCUT2D eigenvalue weighted by Gasteiger charge is -2.13. The summed E-state index contributed by atoms with van der Waals surface area (Å²) in [5.41, 5.74) is 2.00. The Hall–Kier alpha value is -3.32. The summed E-state index contributed by atoms with van der Waals surface area (Å²) in [5.74, 6) is -0.108. The number of benzene rings is 2. The number of aryl methyl sites for hydroxylation is 1. The average Bonchev–Trinajstić information content (AvgIpc) is 2.70. The number of halogens is 1. The third-order valence-electron chi connectivity index (χ3n) is 4.23. The highest BCUT2D eigenvalue weighted by Gasteiger charge is 2.13. The number of carbonyl (C=O) groups excluding carboxylic acids is 2. The number of aromatic nitrogens is 1. The number of nitrogens with one attached hydrogen (secondary N) is 1. The van der Waals surface area contributed by atoms with Gasteiger partial charge in [0.05, 0.1) is 12.1 Å². The largest absolute Gasteiger partial charge is 0.456 e. The monoisotopic (exact) mass is 382 g/mol. The number of aldehydes is 1. The summed E-state index contributed by atoms with van der Waals surface area (Å²) in [4.78, 5) is 27.1. The number of amides is 1. The van der Waals surface area contributed by atoms with Crippen LogP contribution in [-0.4, -0.2) is 35.4 Å². The lowest BCUT2D eigenvalue weighted by Crippen LogP contribution is -2.26. The van der Waals surface area contributed by atoms with Crippen molar-refractivity contribution < 1.29 is 23.8 Å². The first-order valence-electron chi connectivity index (χ1n) is 8.72. The maximum absolute atomic E-state index is 14.2. The lowest BCUT2D eigenvalue weighted by atomic mass is 10.1. The molecule has 1 aromatic heterocycles. The number of fused-ring (bicyclic) bond motifs is 1. The molecule has 0 saturated heterocycles. The Morgan fingerprint density at radius 1 is 1.25 bits per heavy atom. The van der Waals surface area contributed by atoms with E-state index in [2.05, 4.69) is 10.3 Å². The molecule has 28 heavy (non-hydrogen) atoms. The van der Waals surface area contributed by atoms with E-state index in [9.17, 15) is 14.0 Å². The van der Waals surface area contributed by atoms with Gasteiger partial charge in [0.1, 0.15) is 23.6 Å². The van der Waals surface area contributed by atoms with Gasteiger partial charge in [-0.15, -0.1) is 0 Å². The third-order valence-corrected chi connectivity index (χ3v) is 4.23. The third kappa shape index (κ3) is 4.15. The van der Waals surface area contributed by atoms with Crippen molar-refractivity contribution in [3.63, 3.8) is 0 Å². The molecule has 0 unspecified atom stereocenters. The fourth-order valence-corrected chi connectivity index (χ4v) is 2.82. The van der Waals surface area contributed by atoms with E-state index in [1.54, 1.807) is 43.5 Å². The van der Waals surface area contributed by atoms with Gasteiger partial charge in [0.15, 0.2) is 0 Å². The van der Waals surface area contributed by atoms with Gasteiger partial charge in [0.2, 0.25) is 0 Å². The zero-order valence-electron chi connectivity index (χ0n) is 15.2. The molecule has 3 aromatic rings. The molecule has 0 saturated carbocycles. The second-order valence-corrected chi connectivity index (χ2v) is 6.20. The van der Waals surface area contributed by atoms with Gasteiger partial charge in [-0.25, -0.2) is 4.39 Å². The van der Waals surface area contributed by atoms with Crippen molar-refractivity contribution in [1.82, 2.24) is 10.3 Å². The van der Waals surface area contributed by atoms with Crippen LogP contribution in [0.5, 0.6) is 11.5 Å². The van der Waals surface area contributed by atoms with Crippen LogP contribution in [0.2, 0.25) is 0 Å². The maximum Gasteiger partial charge on any atom is 0.251 e. The van der Waals surface area contributed by atoms with Crippen molar-refractivity contribution in [3.8, 4) is 11.5 Å². The number of rotatable bonds is 7. The van der Waals surface area contributed by atoms with Gasteiger partial charge in [-0.2, -0.15) is 0 Å². The SMILES string of the molecule is Cc1cc(CC=O)c(F)cc1Oc1ccnc2ccc(C(=O)NCCO)cc12. The number of aliphatic hydroxyl groups excluding tert-OH is 1. The van der Waals surface area contributed by atoms with Crippen LogP contribution >= 0.6 is 0 Å². The van der Waals surface area contributed by atoms with E-state index in [0.717, 1.165) is 0 Å². The van der Waals surface area contributed by atoms with Gasteiger partial charge in [-0.3, -0.25) is 9.78 Å². The van der Waals surface area contributed by atoms with E-state index in [-0.39, 0.29) is 25.5 Å². The van der Waals surface area contributed by atoms with E-state index in [0.29, 0.717) is 45.4 Å². The van der Waals surface area contributed by atoms with Gasteiger partial charge < -0.3 is 20.0 Å². The Morgan fingerprint density at radius 2 is 2.07 bits per heavy atom. The van der Waals surface area contributed by atoms with Crippen LogP contribution in [0.3, 0.4) is 0 Å². The topological polar surface area (TPSA) is 88.5 Å². The van der Waals surface area contributed by atoms with Gasteiger partial charge in [0, 0.05) is 36.2 Å². The van der Waals surface area contributed by atoms with E-state index < -0.39 is 5.82 Å². The molecule has 0 aliphatic heterocycles. The summed E-state index contributed by atoms with van der Waals surface area (Å²) in [5, 5.41) is 12.0. The van der Waals surface area contributed by atoms with Crippen LogP contribution < -0.4 is 10.1 Å². The molecule has 2 N–H and O–H groups in total. The standard InChI is InChI=1S/C21H19FN2O4/c1-13-10-14(5-8-25)17(22)12-20(13)28-19-4-6-23-18-3-2-15(11-16(18)19)21(27)24-7-9-26/h2-4,6,8,10-12,26H,5,7,9H2,1H3,(H,24,27). The summed E-state index contributed by atoms with van der Waals surface area (Å²) in [6.45, 7) is 1.76. The van der Waals surface area contributed by atoms with Crippen molar-refractivity contribution in [2.24, 2.45) is 0 Å². The molecular weight excluding hydrogens is 363 g/mol. The summed E-state index contributed by atoms with van der Waals surface area (Å²) in [6.07, 6.45) is 2.21. The van der Waals surface area contributed by atoms with Crippen LogP contribution in [0.15, 0.2) is 42.6 Å². The molecule has 144 valence electrons. The van der Waals surface area contributed by atoms with Crippen LogP contribution in [0.1, 0.15) is 21.5 Å². The quantitative estimate of drug-likeness (QED) is 0.614. The second kappa shape index (κ2) is 8.58. The maximum atomic E-state index is 14.2. The molecule has 2 aromatic carbocycles. The van der Waals surface area contributed by atoms with Crippen LogP contribution in [0.25, 0.3) is 10.9 Å². The van der Waals surface area contributed by atoms with Gasteiger partial charge in [0.25, 0.3) is 5.91 Å². The van der Waals surface area contributed by atoms with Crippen molar-refractivity contribution >= 4 is 23.1 Å². The predicted molar refractivity (Wildman–Crippen MR) is 102 cm³/mol. The summed E-state index contributed by atoms with van der Waals surface area (Å²) >= 11 is 0. The molecule has 0 fully saturated rings. The van der Waals surface area contributed by atoms with Crippen molar-refractivity contribution in [2.45, 2.75) is 13.3 Å². The van der Waals surface area contributed by atoms with E-state index in [4.69, 9.17) is 9.84 Å². The second-order valence-electron chi connectivity index (χ2n) is 6.20. The van der Waals surface area contributed by atoms with Gasteiger partial charge in [-0.05, 0) is 48.4 Å². The van der Waals surface area contributed by atoms with Crippen LogP contribution in [-0.2, 0) is 11.2 Å². The molecule has 6 nitrogen and oxygen atoms in total. The van der Waals surface area contributed by atoms with Crippen LogP contribution in [0, 0.1) is 12.7 Å². The van der Waals surface area contributed by atoms with E-state index in [1.807, 2.05) is 0 Å². The number of ether oxygens (including phenoxy) is 1. The predicted octanol–water partition coefficient (Wildman–Crippen LogP) is 2.94. The van der Waals surface area contributed by atoms with Crippen molar-refractivity contribution in [2.75, 3.05) is 13.2 Å². The molecule has 0 radical (unpaired) electrons. The Kier molecular flexibility index (Phi) is 5.96. The summed E-state index contributed by atoms with van der Waals surface area (Å²) in [7, 11) is 0. The molecule has 0 atom stereocenters. The molecule has 0 spiro atoms. The number of hydrogen-bond acceptors (Lipinski definition) is 5. The van der Waals surface area contributed by atoms with E-state index in [1.165, 1.54) is 6.07 Å². The summed E-state index contributed by atoms with van der Waals surface area (Å²) < 4.78 is 20.1. The molecule has 1 amide bonds. The molecule has 0 aliphatic carbocycles. The molecule has 1 heterocycles. The number of pyridine rings is 1. The first kappa shape index (κ1) is 19.4. The zero-order chi connectivity index (χ0) is 20.1. The minimum absolute atomic E-state index is 0.00253. The Labute approximate surface area is 161 Å². The molecule has 7 heteroatoms. The fraction of sp³-hybridized carbons (Fsp3) is 0.190. The Bertz CT molecular complexity index is 1040. The number of aliphatic hydroxyl groups is 1. The molecule has 3 rings (SSSR count). The average molecular weight is 382 g/mol. The van der Waals surface area contributed by atoms with E-state index >= 15 is 0 Å². The minimum Gasteiger partial charge on any atom is -0.456 e. The van der Waals surface area contributed by atoms with Gasteiger partial charge in [-0.1, -0.05) is 0 Å². The molecule has 0 bridgehead atoms. The van der Waals surface area contributed by atoms with Crippen LogP contribution in [0.4, 0.5) is 4.39 Å². The minimum atomic E-state index is -0.518. The number of carbonyl (C=O) groups is 2. The Morgan fingerprint density at radius 3 is 2.82 bits per heavy atom. The molecular formula is C21H19FN2O4. The highest BCUT2D eigenvalue weighted by atomic mass is 19.1. The highest BCUT2D eigenvalue weighted by Crippen LogP contribution is 2.32.